The Hall–Kier alpha value is -2.70. The van der Waals surface area contributed by atoms with Gasteiger partial charge in [0.15, 0.2) is 0 Å². The minimum Gasteiger partial charge on any atom is -0.548 e. The van der Waals surface area contributed by atoms with E-state index in [1.165, 1.54) is 12.1 Å². The minimum atomic E-state index is -3.99. The molecule has 1 N–H and O–H groups in total. The fourth-order valence-electron chi connectivity index (χ4n) is 2.61. The summed E-state index contributed by atoms with van der Waals surface area (Å²) < 4.78 is 27.4. The molecule has 0 bridgehead atoms. The van der Waals surface area contributed by atoms with Crippen LogP contribution in [0.5, 0.6) is 0 Å². The highest BCUT2D eigenvalue weighted by Gasteiger charge is 2.21. The van der Waals surface area contributed by atoms with Gasteiger partial charge in [0.05, 0.1) is 16.9 Å². The van der Waals surface area contributed by atoms with Gasteiger partial charge in [0, 0.05) is 0 Å². The third kappa shape index (κ3) is 4.04. The number of hydrogen-bond acceptors (Lipinski definition) is 4. The van der Waals surface area contributed by atoms with E-state index in [1.807, 2.05) is 18.2 Å². The van der Waals surface area contributed by atoms with Crippen LogP contribution >= 0.6 is 0 Å². The Morgan fingerprint density at radius 2 is 1.56 bits per heavy atom. The van der Waals surface area contributed by atoms with Crippen LogP contribution in [0.3, 0.4) is 0 Å². The third-order valence-electron chi connectivity index (χ3n) is 3.90. The Morgan fingerprint density at radius 3 is 2.24 bits per heavy atom. The Labute approximate surface area is 146 Å². The van der Waals surface area contributed by atoms with E-state index in [-0.39, 0.29) is 11.3 Å². The van der Waals surface area contributed by atoms with Gasteiger partial charge in [-0.05, 0) is 34.9 Å². The number of sulfonamides is 1. The van der Waals surface area contributed by atoms with Crippen molar-refractivity contribution in [1.29, 1.82) is 0 Å². The second-order valence-corrected chi connectivity index (χ2v) is 7.41. The molecule has 0 saturated heterocycles. The molecule has 0 unspecified atom stereocenters. The molecule has 0 radical (unpaired) electrons. The van der Waals surface area contributed by atoms with Crippen molar-refractivity contribution in [1.82, 2.24) is 4.72 Å². The van der Waals surface area contributed by atoms with E-state index in [4.69, 9.17) is 0 Å². The predicted molar refractivity (Wildman–Crippen MR) is 93.2 cm³/mol. The van der Waals surface area contributed by atoms with Gasteiger partial charge in [-0.25, -0.2) is 13.1 Å². The molecule has 0 aliphatic carbocycles. The van der Waals surface area contributed by atoms with Crippen molar-refractivity contribution in [2.45, 2.75) is 17.4 Å². The fourth-order valence-corrected chi connectivity index (χ4v) is 3.83. The third-order valence-corrected chi connectivity index (χ3v) is 5.37. The van der Waals surface area contributed by atoms with E-state index in [0.717, 1.165) is 10.8 Å². The van der Waals surface area contributed by atoms with E-state index in [0.29, 0.717) is 5.56 Å². The summed E-state index contributed by atoms with van der Waals surface area (Å²) in [5.41, 5.74) is 0.706. The van der Waals surface area contributed by atoms with Gasteiger partial charge in [0.25, 0.3) is 0 Å². The van der Waals surface area contributed by atoms with Gasteiger partial charge >= 0.3 is 0 Å². The van der Waals surface area contributed by atoms with Crippen molar-refractivity contribution in [3.8, 4) is 0 Å². The Kier molecular flexibility index (Phi) is 4.83. The van der Waals surface area contributed by atoms with Crippen LogP contribution in [-0.2, 0) is 21.2 Å². The van der Waals surface area contributed by atoms with E-state index in [1.54, 1.807) is 42.5 Å². The zero-order valence-electron chi connectivity index (χ0n) is 13.3. The maximum atomic E-state index is 12.6. The molecule has 128 valence electrons. The van der Waals surface area contributed by atoms with Crippen molar-refractivity contribution in [3.05, 3.63) is 78.4 Å². The summed E-state index contributed by atoms with van der Waals surface area (Å²) in [5.74, 6) is -1.46. The van der Waals surface area contributed by atoms with Crippen LogP contribution in [0.4, 0.5) is 0 Å². The van der Waals surface area contributed by atoms with Crippen molar-refractivity contribution >= 4 is 26.8 Å². The van der Waals surface area contributed by atoms with E-state index >= 15 is 0 Å². The first-order chi connectivity index (χ1) is 12.0. The lowest BCUT2D eigenvalue weighted by Crippen LogP contribution is -2.49. The van der Waals surface area contributed by atoms with Crippen LogP contribution in [-0.4, -0.2) is 20.4 Å². The predicted octanol–water partition coefficient (Wildman–Crippen LogP) is 1.48. The minimum absolute atomic E-state index is 0.00991. The standard InChI is InChI=1S/C19H17NO4S/c21-19(22)18(12-14-6-2-1-3-7-14)20-25(23,24)17-11-10-15-8-4-5-9-16(15)13-17/h1-11,13,18,20H,12H2,(H,21,22)/p-1/t18-/m0/s1. The number of carbonyl (C=O) groups is 1. The number of carboxylic acid groups (broad SMARTS) is 1. The highest BCUT2D eigenvalue weighted by atomic mass is 32.2. The van der Waals surface area contributed by atoms with E-state index < -0.39 is 22.0 Å². The lowest BCUT2D eigenvalue weighted by molar-refractivity contribution is -0.307. The topological polar surface area (TPSA) is 86.3 Å². The molecule has 0 saturated carbocycles. The molecule has 0 aliphatic heterocycles. The summed E-state index contributed by atoms with van der Waals surface area (Å²) in [4.78, 5) is 11.4. The Balaban J connectivity index is 1.87. The van der Waals surface area contributed by atoms with E-state index in [9.17, 15) is 18.3 Å². The molecule has 25 heavy (non-hydrogen) atoms. The lowest BCUT2D eigenvalue weighted by Gasteiger charge is -2.20. The van der Waals surface area contributed by atoms with Gasteiger partial charge in [-0.2, -0.15) is 0 Å². The summed E-state index contributed by atoms with van der Waals surface area (Å²) in [6.45, 7) is 0. The molecular weight excluding hydrogens is 338 g/mol. The smallest absolute Gasteiger partial charge is 0.241 e. The maximum absolute atomic E-state index is 12.6. The van der Waals surface area contributed by atoms with Crippen LogP contribution in [0.1, 0.15) is 5.56 Å². The number of rotatable bonds is 6. The Bertz CT molecular complexity index is 1000. The first-order valence-electron chi connectivity index (χ1n) is 7.72. The molecule has 0 fully saturated rings. The fraction of sp³-hybridized carbons (Fsp3) is 0.105. The molecular formula is C19H16NO4S-. The molecule has 3 aromatic carbocycles. The first-order valence-corrected chi connectivity index (χ1v) is 9.20. The zero-order valence-corrected chi connectivity index (χ0v) is 14.1. The first kappa shape index (κ1) is 17.1. The van der Waals surface area contributed by atoms with Crippen molar-refractivity contribution in [2.75, 3.05) is 0 Å². The Morgan fingerprint density at radius 1 is 0.920 bits per heavy atom. The molecule has 0 aliphatic rings. The average Bonchev–Trinajstić information content (AvgIpc) is 2.61. The van der Waals surface area contributed by atoms with Gasteiger partial charge in [-0.1, -0.05) is 60.7 Å². The molecule has 1 atom stereocenters. The number of fused-ring (bicyclic) bond motifs is 1. The molecule has 3 aromatic rings. The monoisotopic (exact) mass is 354 g/mol. The van der Waals surface area contributed by atoms with Gasteiger partial charge < -0.3 is 9.90 Å². The van der Waals surface area contributed by atoms with Crippen LogP contribution in [0.15, 0.2) is 77.7 Å². The van der Waals surface area contributed by atoms with Gasteiger partial charge in [0.2, 0.25) is 10.0 Å². The zero-order chi connectivity index (χ0) is 17.9. The number of carboxylic acids is 1. The maximum Gasteiger partial charge on any atom is 0.241 e. The molecule has 0 aromatic heterocycles. The van der Waals surface area contributed by atoms with Crippen LogP contribution in [0.2, 0.25) is 0 Å². The lowest BCUT2D eigenvalue weighted by atomic mass is 10.1. The summed E-state index contributed by atoms with van der Waals surface area (Å²) >= 11 is 0. The van der Waals surface area contributed by atoms with Crippen molar-refractivity contribution in [3.63, 3.8) is 0 Å². The largest absolute Gasteiger partial charge is 0.548 e. The molecule has 6 heteroatoms. The summed E-state index contributed by atoms with van der Waals surface area (Å²) in [6.07, 6.45) is 0.00991. The molecule has 5 nitrogen and oxygen atoms in total. The number of benzene rings is 3. The number of nitrogens with one attached hydrogen (secondary N) is 1. The SMILES string of the molecule is O=C([O-])[C@H](Cc1ccccc1)NS(=O)(=O)c1ccc2ccccc2c1. The average molecular weight is 354 g/mol. The summed E-state index contributed by atoms with van der Waals surface area (Å²) in [7, 11) is -3.99. The second-order valence-electron chi connectivity index (χ2n) is 5.69. The normalized spacial score (nSPS) is 12.8. The van der Waals surface area contributed by atoms with Crippen molar-refractivity contribution in [2.24, 2.45) is 0 Å². The molecule has 0 amide bonds. The highest BCUT2D eigenvalue weighted by Crippen LogP contribution is 2.19. The summed E-state index contributed by atoms with van der Waals surface area (Å²) in [6, 6.07) is 19.5. The van der Waals surface area contributed by atoms with Gasteiger partial charge in [-0.3, -0.25) is 0 Å². The second kappa shape index (κ2) is 7.04. The summed E-state index contributed by atoms with van der Waals surface area (Å²) in [5, 5.41) is 13.1. The molecule has 0 heterocycles. The number of hydrogen-bond donors (Lipinski definition) is 1. The van der Waals surface area contributed by atoms with Gasteiger partial charge in [-0.15, -0.1) is 0 Å². The quantitative estimate of drug-likeness (QED) is 0.726. The van der Waals surface area contributed by atoms with E-state index in [2.05, 4.69) is 4.72 Å². The van der Waals surface area contributed by atoms with Crippen LogP contribution in [0, 0.1) is 0 Å². The number of carbonyl (C=O) groups excluding carboxylic acids is 1. The van der Waals surface area contributed by atoms with Crippen molar-refractivity contribution < 1.29 is 18.3 Å². The highest BCUT2D eigenvalue weighted by molar-refractivity contribution is 7.89. The van der Waals surface area contributed by atoms with Crippen LogP contribution in [0.25, 0.3) is 10.8 Å². The van der Waals surface area contributed by atoms with Gasteiger partial charge in [0.1, 0.15) is 0 Å². The molecule has 0 spiro atoms. The molecule has 3 rings (SSSR count). The van der Waals surface area contributed by atoms with Crippen LogP contribution < -0.4 is 9.83 Å². The number of aliphatic carboxylic acids is 1.